The number of carbonyl (C=O) groups is 1. The summed E-state index contributed by atoms with van der Waals surface area (Å²) in [7, 11) is 0. The molecular weight excluding hydrogens is 412 g/mol. The lowest BCUT2D eigenvalue weighted by Crippen LogP contribution is -2.00. The number of aldehydes is 1. The van der Waals surface area contributed by atoms with Crippen molar-refractivity contribution in [3.63, 3.8) is 0 Å². The Labute approximate surface area is 209 Å². The number of aryl methyl sites for hydroxylation is 2. The molecule has 0 saturated heterocycles. The highest BCUT2D eigenvalue weighted by molar-refractivity contribution is 5.80. The van der Waals surface area contributed by atoms with Gasteiger partial charge in [0.15, 0.2) is 0 Å². The molecule has 0 atom stereocenters. The quantitative estimate of drug-likeness (QED) is 0.123. The van der Waals surface area contributed by atoms with Crippen LogP contribution in [-0.4, -0.2) is 6.29 Å². The van der Waals surface area contributed by atoms with Gasteiger partial charge in [-0.2, -0.15) is 0 Å². The molecule has 1 heteroatoms. The summed E-state index contributed by atoms with van der Waals surface area (Å²) in [6.07, 6.45) is 24.8. The highest BCUT2D eigenvalue weighted by Crippen LogP contribution is 2.23. The van der Waals surface area contributed by atoms with Crippen molar-refractivity contribution in [3.05, 3.63) is 76.4 Å². The number of hydrogen-bond donors (Lipinski definition) is 0. The Hall–Kier alpha value is -2.41. The lowest BCUT2D eigenvalue weighted by Gasteiger charge is -2.13. The first-order valence-corrected chi connectivity index (χ1v) is 13.7. The van der Waals surface area contributed by atoms with E-state index in [2.05, 4.69) is 69.0 Å². The molecule has 184 valence electrons. The molecule has 1 nitrogen and oxygen atoms in total. The van der Waals surface area contributed by atoms with E-state index >= 15 is 0 Å². The monoisotopic (exact) mass is 458 g/mol. The first-order chi connectivity index (χ1) is 16.7. The van der Waals surface area contributed by atoms with Gasteiger partial charge >= 0.3 is 0 Å². The second-order valence-corrected chi connectivity index (χ2v) is 9.61. The molecular formula is C33H46O. The molecule has 0 saturated carbocycles. The van der Waals surface area contributed by atoms with E-state index in [4.69, 9.17) is 0 Å². The molecule has 2 rings (SSSR count). The molecule has 0 aromatic heterocycles. The molecule has 2 aromatic rings. The zero-order valence-electron chi connectivity index (χ0n) is 21.8. The third-order valence-corrected chi connectivity index (χ3v) is 6.75. The highest BCUT2D eigenvalue weighted by atomic mass is 16.1. The van der Waals surface area contributed by atoms with Crippen LogP contribution in [0.2, 0.25) is 0 Å². The third-order valence-electron chi connectivity index (χ3n) is 6.75. The van der Waals surface area contributed by atoms with Gasteiger partial charge in [-0.3, -0.25) is 4.79 Å². The molecule has 0 N–H and O–H groups in total. The van der Waals surface area contributed by atoms with Gasteiger partial charge < -0.3 is 0 Å². The second kappa shape index (κ2) is 17.1. The van der Waals surface area contributed by atoms with E-state index in [1.54, 1.807) is 0 Å². The SMILES string of the molecule is C=Cc1ccc(/C=C/c2cc(CCCCCCCC)c(C=O)cc2CCCCCCCC)cc1. The number of benzene rings is 2. The fraction of sp³-hybridized carbons (Fsp3) is 0.485. The first kappa shape index (κ1) is 27.8. The van der Waals surface area contributed by atoms with Crippen molar-refractivity contribution in [1.82, 2.24) is 0 Å². The Balaban J connectivity index is 2.15. The van der Waals surface area contributed by atoms with Crippen LogP contribution in [0.3, 0.4) is 0 Å². The van der Waals surface area contributed by atoms with Crippen molar-refractivity contribution >= 4 is 24.5 Å². The minimum absolute atomic E-state index is 0.891. The number of unbranched alkanes of at least 4 members (excludes halogenated alkanes) is 10. The van der Waals surface area contributed by atoms with Gasteiger partial charge in [0.25, 0.3) is 0 Å². The average Bonchev–Trinajstić information content (AvgIpc) is 2.87. The van der Waals surface area contributed by atoms with Gasteiger partial charge in [0, 0.05) is 5.56 Å². The van der Waals surface area contributed by atoms with E-state index in [9.17, 15) is 4.79 Å². The maximum atomic E-state index is 11.9. The topological polar surface area (TPSA) is 17.1 Å². The Morgan fingerprint density at radius 2 is 1.09 bits per heavy atom. The number of hydrogen-bond acceptors (Lipinski definition) is 1. The van der Waals surface area contributed by atoms with Crippen LogP contribution in [0.1, 0.15) is 129 Å². The standard InChI is InChI=1S/C33H46O/c1-4-7-9-11-13-15-17-30-26-33(27-34)31(18-16-14-12-10-8-5-2)25-32(30)24-23-29-21-19-28(6-3)20-22-29/h6,19-27H,3-5,7-18H2,1-2H3/b24-23+. The van der Waals surface area contributed by atoms with Crippen molar-refractivity contribution in [2.45, 2.75) is 104 Å². The molecule has 0 aliphatic heterocycles. The molecule has 0 radical (unpaired) electrons. The van der Waals surface area contributed by atoms with Gasteiger partial charge in [0.05, 0.1) is 0 Å². The number of carbonyl (C=O) groups excluding carboxylic acids is 1. The highest BCUT2D eigenvalue weighted by Gasteiger charge is 2.09. The summed E-state index contributed by atoms with van der Waals surface area (Å²) in [5, 5.41) is 0. The lowest BCUT2D eigenvalue weighted by molar-refractivity contribution is 0.112. The molecule has 34 heavy (non-hydrogen) atoms. The summed E-state index contributed by atoms with van der Waals surface area (Å²) >= 11 is 0. The Bertz CT molecular complexity index is 872. The average molecular weight is 459 g/mol. The lowest BCUT2D eigenvalue weighted by atomic mass is 9.92. The van der Waals surface area contributed by atoms with Crippen LogP contribution >= 0.6 is 0 Å². The van der Waals surface area contributed by atoms with Gasteiger partial charge in [-0.05, 0) is 59.6 Å². The fourth-order valence-corrected chi connectivity index (χ4v) is 4.55. The maximum Gasteiger partial charge on any atom is 0.150 e. The largest absolute Gasteiger partial charge is 0.298 e. The van der Waals surface area contributed by atoms with Crippen LogP contribution < -0.4 is 0 Å². The minimum Gasteiger partial charge on any atom is -0.298 e. The van der Waals surface area contributed by atoms with Crippen LogP contribution in [-0.2, 0) is 12.8 Å². The maximum absolute atomic E-state index is 11.9. The van der Waals surface area contributed by atoms with Gasteiger partial charge in [-0.15, -0.1) is 0 Å². The summed E-state index contributed by atoms with van der Waals surface area (Å²) in [6, 6.07) is 12.9. The molecule has 0 fully saturated rings. The predicted octanol–water partition coefficient (Wildman–Crippen LogP) is 10.1. The normalized spacial score (nSPS) is 11.2. The smallest absolute Gasteiger partial charge is 0.150 e. The molecule has 0 spiro atoms. The summed E-state index contributed by atoms with van der Waals surface area (Å²) in [5.41, 5.74) is 7.00. The molecule has 0 bridgehead atoms. The summed E-state index contributed by atoms with van der Waals surface area (Å²) in [5.74, 6) is 0. The molecule has 0 aliphatic rings. The van der Waals surface area contributed by atoms with Gasteiger partial charge in [-0.1, -0.05) is 133 Å². The predicted molar refractivity (Wildman–Crippen MR) is 151 cm³/mol. The minimum atomic E-state index is 0.891. The van der Waals surface area contributed by atoms with Crippen LogP contribution in [0.4, 0.5) is 0 Å². The van der Waals surface area contributed by atoms with Crippen molar-refractivity contribution in [2.24, 2.45) is 0 Å². The molecule has 2 aromatic carbocycles. The Kier molecular flexibility index (Phi) is 14.0. The molecule has 0 amide bonds. The van der Waals surface area contributed by atoms with E-state index < -0.39 is 0 Å². The van der Waals surface area contributed by atoms with Crippen LogP contribution in [0.25, 0.3) is 18.2 Å². The zero-order valence-corrected chi connectivity index (χ0v) is 21.8. The Morgan fingerprint density at radius 3 is 1.62 bits per heavy atom. The van der Waals surface area contributed by atoms with E-state index in [0.29, 0.717) is 0 Å². The van der Waals surface area contributed by atoms with E-state index in [-0.39, 0.29) is 0 Å². The van der Waals surface area contributed by atoms with E-state index in [1.165, 1.54) is 92.9 Å². The molecule has 0 aliphatic carbocycles. The second-order valence-electron chi connectivity index (χ2n) is 9.61. The van der Waals surface area contributed by atoms with Crippen molar-refractivity contribution in [1.29, 1.82) is 0 Å². The van der Waals surface area contributed by atoms with Crippen LogP contribution in [0.5, 0.6) is 0 Å². The van der Waals surface area contributed by atoms with Crippen LogP contribution in [0.15, 0.2) is 43.0 Å². The molecule has 0 unspecified atom stereocenters. The fourth-order valence-electron chi connectivity index (χ4n) is 4.55. The Morgan fingerprint density at radius 1 is 0.618 bits per heavy atom. The van der Waals surface area contributed by atoms with Gasteiger partial charge in [-0.25, -0.2) is 0 Å². The third kappa shape index (κ3) is 10.2. The van der Waals surface area contributed by atoms with Crippen molar-refractivity contribution in [2.75, 3.05) is 0 Å². The van der Waals surface area contributed by atoms with Crippen molar-refractivity contribution < 1.29 is 4.79 Å². The van der Waals surface area contributed by atoms with Crippen LogP contribution in [0, 0.1) is 0 Å². The molecule has 0 heterocycles. The van der Waals surface area contributed by atoms with Gasteiger partial charge in [0.2, 0.25) is 0 Å². The summed E-state index contributed by atoms with van der Waals surface area (Å²) < 4.78 is 0. The van der Waals surface area contributed by atoms with Crippen molar-refractivity contribution in [3.8, 4) is 0 Å². The zero-order chi connectivity index (χ0) is 24.4. The van der Waals surface area contributed by atoms with Gasteiger partial charge in [0.1, 0.15) is 6.29 Å². The summed E-state index contributed by atoms with van der Waals surface area (Å²) in [4.78, 5) is 11.9. The number of rotatable bonds is 18. The van der Waals surface area contributed by atoms with E-state index in [1.807, 2.05) is 6.08 Å². The summed E-state index contributed by atoms with van der Waals surface area (Å²) in [6.45, 7) is 8.36. The van der Waals surface area contributed by atoms with E-state index in [0.717, 1.165) is 36.7 Å². The first-order valence-electron chi connectivity index (χ1n) is 13.7.